The lowest BCUT2D eigenvalue weighted by Gasteiger charge is -2.15. The van der Waals surface area contributed by atoms with Crippen LogP contribution in [-0.2, 0) is 16.0 Å². The molecule has 2 aromatic carbocycles. The van der Waals surface area contributed by atoms with Gasteiger partial charge in [0.25, 0.3) is 5.91 Å². The zero-order valence-electron chi connectivity index (χ0n) is 13.7. The van der Waals surface area contributed by atoms with Gasteiger partial charge in [-0.2, -0.15) is 13.2 Å². The normalized spacial score (nSPS) is 12.1. The van der Waals surface area contributed by atoms with Gasteiger partial charge < -0.3 is 20.8 Å². The van der Waals surface area contributed by atoms with Gasteiger partial charge in [-0.05, 0) is 17.7 Å². The van der Waals surface area contributed by atoms with Gasteiger partial charge in [0.15, 0.2) is 5.70 Å². The summed E-state index contributed by atoms with van der Waals surface area (Å²) >= 11 is 0. The third-order valence-corrected chi connectivity index (χ3v) is 3.36. The monoisotopic (exact) mass is 380 g/mol. The highest BCUT2D eigenvalue weighted by Gasteiger charge is 2.39. The van der Waals surface area contributed by atoms with Gasteiger partial charge in [0.1, 0.15) is 5.75 Å². The Labute approximate surface area is 151 Å². The predicted octanol–water partition coefficient (Wildman–Crippen LogP) is 3.02. The number of rotatable bonds is 5. The first-order valence-corrected chi connectivity index (χ1v) is 7.62. The molecule has 0 aliphatic rings. The van der Waals surface area contributed by atoms with Crippen molar-refractivity contribution in [1.29, 1.82) is 0 Å². The number of aromatic hydroxyl groups is 1. The third kappa shape index (κ3) is 5.50. The second kappa shape index (κ2) is 8.26. The number of para-hydroxylation sites is 2. The fourth-order valence-electron chi connectivity index (χ4n) is 2.09. The molecular formula is C18H15F3N2O4. The van der Waals surface area contributed by atoms with E-state index in [9.17, 15) is 33.0 Å². The van der Waals surface area contributed by atoms with Gasteiger partial charge in [0.2, 0.25) is 11.7 Å². The molecule has 142 valence electrons. The smallest absolute Gasteiger partial charge is 0.451 e. The van der Waals surface area contributed by atoms with Crippen LogP contribution >= 0.6 is 0 Å². The van der Waals surface area contributed by atoms with Crippen LogP contribution in [-0.4, -0.2) is 28.2 Å². The lowest BCUT2D eigenvalue weighted by molar-refractivity contribution is -0.129. The Bertz CT molecular complexity index is 864. The number of amides is 2. The molecule has 0 aliphatic carbocycles. The summed E-state index contributed by atoms with van der Waals surface area (Å²) in [6.07, 6.45) is -5.56. The molecule has 9 heteroatoms. The molecule has 2 rings (SSSR count). The molecule has 0 spiro atoms. The summed E-state index contributed by atoms with van der Waals surface area (Å²) in [5.74, 6) is -5.02. The number of anilines is 1. The third-order valence-electron chi connectivity index (χ3n) is 3.36. The number of phenols is 1. The molecule has 0 saturated heterocycles. The van der Waals surface area contributed by atoms with Crippen molar-refractivity contribution in [1.82, 2.24) is 5.32 Å². The molecule has 4 N–H and O–H groups in total. The van der Waals surface area contributed by atoms with Crippen LogP contribution in [0.2, 0.25) is 0 Å². The number of nitrogens with one attached hydrogen (secondary N) is 2. The number of phenolic OH excluding ortho intramolecular Hbond substituents is 1. The first-order chi connectivity index (χ1) is 12.7. The van der Waals surface area contributed by atoms with E-state index in [1.807, 2.05) is 5.32 Å². The van der Waals surface area contributed by atoms with Crippen LogP contribution in [0.5, 0.6) is 5.75 Å². The van der Waals surface area contributed by atoms with Gasteiger partial charge in [-0.25, -0.2) is 0 Å². The first kappa shape index (κ1) is 19.8. The maximum absolute atomic E-state index is 12.9. The number of benzene rings is 2. The van der Waals surface area contributed by atoms with Crippen LogP contribution in [0.4, 0.5) is 18.9 Å². The van der Waals surface area contributed by atoms with Gasteiger partial charge in [-0.1, -0.05) is 42.5 Å². The fraction of sp³-hybridized carbons (Fsp3) is 0.111. The minimum atomic E-state index is -5.26. The van der Waals surface area contributed by atoms with E-state index < -0.39 is 35.2 Å². The van der Waals surface area contributed by atoms with Crippen LogP contribution < -0.4 is 10.6 Å². The van der Waals surface area contributed by atoms with Crippen molar-refractivity contribution in [3.63, 3.8) is 0 Å². The van der Waals surface area contributed by atoms with E-state index >= 15 is 0 Å². The van der Waals surface area contributed by atoms with E-state index in [0.29, 0.717) is 5.56 Å². The lowest BCUT2D eigenvalue weighted by Crippen LogP contribution is -2.35. The fourth-order valence-corrected chi connectivity index (χ4v) is 2.09. The average molecular weight is 380 g/mol. The molecule has 0 fully saturated rings. The maximum Gasteiger partial charge on any atom is 0.451 e. The van der Waals surface area contributed by atoms with E-state index in [-0.39, 0.29) is 12.1 Å². The number of allylic oxidation sites excluding steroid dienone is 1. The van der Waals surface area contributed by atoms with Crippen molar-refractivity contribution < 1.29 is 33.0 Å². The van der Waals surface area contributed by atoms with E-state index in [0.717, 1.165) is 0 Å². The Kier molecular flexibility index (Phi) is 6.07. The zero-order chi connectivity index (χ0) is 20.0. The standard InChI is InChI=1S/C18H15F3N2O4/c19-18(20,21)16(26)15(17(27)22-12-8-4-5-9-13(12)24)23-14(25)10-11-6-2-1-3-7-11/h1-9,24,26H,10H2,(H,22,27)(H,23,25)/b16-15+. The van der Waals surface area contributed by atoms with Crippen molar-refractivity contribution in [2.75, 3.05) is 5.32 Å². The van der Waals surface area contributed by atoms with E-state index in [1.165, 1.54) is 24.3 Å². The molecule has 6 nitrogen and oxygen atoms in total. The number of aliphatic hydroxyl groups is 1. The molecule has 0 aromatic heterocycles. The van der Waals surface area contributed by atoms with Crippen LogP contribution in [0.15, 0.2) is 66.1 Å². The molecule has 0 bridgehead atoms. The summed E-state index contributed by atoms with van der Waals surface area (Å²) in [4.78, 5) is 24.2. The summed E-state index contributed by atoms with van der Waals surface area (Å²) in [7, 11) is 0. The highest BCUT2D eigenvalue weighted by atomic mass is 19.4. The minimum absolute atomic E-state index is 0.188. The van der Waals surface area contributed by atoms with Gasteiger partial charge in [0, 0.05) is 0 Å². The Balaban J connectivity index is 2.25. The van der Waals surface area contributed by atoms with Gasteiger partial charge in [0.05, 0.1) is 12.1 Å². The number of aliphatic hydroxyl groups excluding tert-OH is 1. The largest absolute Gasteiger partial charge is 0.506 e. The molecule has 0 aliphatic heterocycles. The molecule has 0 unspecified atom stereocenters. The number of carbonyl (C=O) groups is 2. The maximum atomic E-state index is 12.9. The predicted molar refractivity (Wildman–Crippen MR) is 90.7 cm³/mol. The van der Waals surface area contributed by atoms with Crippen molar-refractivity contribution in [3.05, 3.63) is 71.6 Å². The summed E-state index contributed by atoms with van der Waals surface area (Å²) in [6, 6.07) is 13.4. The summed E-state index contributed by atoms with van der Waals surface area (Å²) in [6.45, 7) is 0. The molecule has 0 heterocycles. The Morgan fingerprint density at radius 2 is 1.56 bits per heavy atom. The van der Waals surface area contributed by atoms with Crippen molar-refractivity contribution in [2.45, 2.75) is 12.6 Å². The van der Waals surface area contributed by atoms with E-state index in [2.05, 4.69) is 0 Å². The van der Waals surface area contributed by atoms with Crippen LogP contribution in [0, 0.1) is 0 Å². The summed E-state index contributed by atoms with van der Waals surface area (Å²) in [5.41, 5.74) is -1.05. The van der Waals surface area contributed by atoms with Gasteiger partial charge in [-0.3, -0.25) is 9.59 Å². The van der Waals surface area contributed by atoms with Crippen LogP contribution in [0.1, 0.15) is 5.56 Å². The molecular weight excluding hydrogens is 365 g/mol. The topological polar surface area (TPSA) is 98.7 Å². The van der Waals surface area contributed by atoms with Crippen molar-refractivity contribution in [2.24, 2.45) is 0 Å². The number of hydrogen-bond acceptors (Lipinski definition) is 4. The van der Waals surface area contributed by atoms with Crippen LogP contribution in [0.3, 0.4) is 0 Å². The highest BCUT2D eigenvalue weighted by molar-refractivity contribution is 6.07. The number of carbonyl (C=O) groups excluding carboxylic acids is 2. The molecule has 0 atom stereocenters. The SMILES string of the molecule is O=C(Cc1ccccc1)N/C(C(=O)Nc1ccccc1O)=C(/O)C(F)(F)F. The van der Waals surface area contributed by atoms with Crippen molar-refractivity contribution >= 4 is 17.5 Å². The second-order valence-corrected chi connectivity index (χ2v) is 5.40. The number of hydrogen-bond donors (Lipinski definition) is 4. The number of halogens is 3. The molecule has 27 heavy (non-hydrogen) atoms. The lowest BCUT2D eigenvalue weighted by atomic mass is 10.1. The zero-order valence-corrected chi connectivity index (χ0v) is 13.7. The Hall–Kier alpha value is -3.49. The first-order valence-electron chi connectivity index (χ1n) is 7.62. The Morgan fingerprint density at radius 1 is 0.963 bits per heavy atom. The summed E-state index contributed by atoms with van der Waals surface area (Å²) < 4.78 is 38.6. The molecule has 2 aromatic rings. The highest BCUT2D eigenvalue weighted by Crippen LogP contribution is 2.27. The van der Waals surface area contributed by atoms with Gasteiger partial charge in [-0.15, -0.1) is 0 Å². The van der Waals surface area contributed by atoms with E-state index in [4.69, 9.17) is 0 Å². The molecule has 0 saturated carbocycles. The summed E-state index contributed by atoms with van der Waals surface area (Å²) in [5, 5.41) is 22.8. The Morgan fingerprint density at radius 3 is 2.15 bits per heavy atom. The molecule has 2 amide bonds. The molecule has 0 radical (unpaired) electrons. The minimum Gasteiger partial charge on any atom is -0.506 e. The second-order valence-electron chi connectivity index (χ2n) is 5.40. The quantitative estimate of drug-likeness (QED) is 0.364. The van der Waals surface area contributed by atoms with Crippen LogP contribution in [0.25, 0.3) is 0 Å². The average Bonchev–Trinajstić information content (AvgIpc) is 2.61. The van der Waals surface area contributed by atoms with Crippen molar-refractivity contribution in [3.8, 4) is 5.75 Å². The number of alkyl halides is 3. The van der Waals surface area contributed by atoms with Gasteiger partial charge >= 0.3 is 6.18 Å². The van der Waals surface area contributed by atoms with E-state index in [1.54, 1.807) is 35.6 Å².